The van der Waals surface area contributed by atoms with Crippen molar-refractivity contribution in [3.63, 3.8) is 0 Å². The highest BCUT2D eigenvalue weighted by atomic mass is 32.2. The van der Waals surface area contributed by atoms with E-state index in [1.54, 1.807) is 11.8 Å². The number of carboxylic acids is 1. The van der Waals surface area contributed by atoms with Crippen LogP contribution in [0.2, 0.25) is 0 Å². The van der Waals surface area contributed by atoms with Gasteiger partial charge in [-0.3, -0.25) is 9.69 Å². The maximum Gasteiger partial charge on any atom is 0.353 e. The van der Waals surface area contributed by atoms with Crippen molar-refractivity contribution >= 4 is 23.6 Å². The summed E-state index contributed by atoms with van der Waals surface area (Å²) in [6.45, 7) is 10.4. The normalized spacial score (nSPS) is 30.5. The van der Waals surface area contributed by atoms with Gasteiger partial charge in [0, 0.05) is 10.8 Å². The molecule has 4 nitrogen and oxygen atoms in total. The van der Waals surface area contributed by atoms with Gasteiger partial charge in [0.05, 0.1) is 12.0 Å². The highest BCUT2D eigenvalue weighted by Gasteiger charge is 2.64. The summed E-state index contributed by atoms with van der Waals surface area (Å²) in [7, 11) is 0. The number of aliphatic carboxylic acids is 1. The molecule has 1 saturated heterocycles. The number of hydrogen-bond donors (Lipinski definition) is 1. The van der Waals surface area contributed by atoms with Crippen LogP contribution in [0.25, 0.3) is 0 Å². The first-order chi connectivity index (χ1) is 8.64. The molecule has 2 unspecified atom stereocenters. The van der Waals surface area contributed by atoms with Crippen LogP contribution < -0.4 is 0 Å². The first-order valence-corrected chi connectivity index (χ1v) is 7.56. The monoisotopic (exact) mass is 283 g/mol. The average molecular weight is 283 g/mol. The minimum absolute atomic E-state index is 0.0671. The molecule has 0 aromatic heterocycles. The van der Waals surface area contributed by atoms with Crippen molar-refractivity contribution in [1.29, 1.82) is 0 Å². The first kappa shape index (κ1) is 14.4. The van der Waals surface area contributed by atoms with Gasteiger partial charge in [0.15, 0.2) is 0 Å². The van der Waals surface area contributed by atoms with Gasteiger partial charge in [0.2, 0.25) is 5.91 Å². The third-order valence-corrected chi connectivity index (χ3v) is 5.01. The van der Waals surface area contributed by atoms with E-state index in [0.29, 0.717) is 6.42 Å². The van der Waals surface area contributed by atoms with E-state index in [0.717, 1.165) is 10.7 Å². The average Bonchev–Trinajstić information content (AvgIpc) is 2.42. The number of fused-ring (bicyclic) bond motifs is 1. The highest BCUT2D eigenvalue weighted by molar-refractivity contribution is 8.03. The maximum absolute atomic E-state index is 11.9. The van der Waals surface area contributed by atoms with E-state index in [-0.39, 0.29) is 28.5 Å². The summed E-state index contributed by atoms with van der Waals surface area (Å²) in [5, 5.41) is 9.48. The molecular weight excluding hydrogens is 262 g/mol. The molecule has 1 amide bonds. The molecule has 2 aliphatic rings. The number of thioether (sulfide) groups is 1. The molecule has 0 radical (unpaired) electrons. The number of nitrogens with zero attached hydrogens (tertiary/aromatic N) is 1. The van der Waals surface area contributed by atoms with E-state index in [2.05, 4.69) is 20.8 Å². The van der Waals surface area contributed by atoms with Gasteiger partial charge in [-0.25, -0.2) is 4.79 Å². The van der Waals surface area contributed by atoms with Crippen molar-refractivity contribution in [3.05, 3.63) is 10.6 Å². The number of carbonyl (C=O) groups is 2. The summed E-state index contributed by atoms with van der Waals surface area (Å²) in [5.41, 5.74) is -0.214. The molecule has 0 spiro atoms. The Labute approximate surface area is 118 Å². The second kappa shape index (κ2) is 4.27. The van der Waals surface area contributed by atoms with Crippen molar-refractivity contribution in [2.75, 3.05) is 5.75 Å². The Morgan fingerprint density at radius 3 is 2.47 bits per heavy atom. The van der Waals surface area contributed by atoms with Crippen LogP contribution in [0.1, 0.15) is 41.0 Å². The van der Waals surface area contributed by atoms with Crippen LogP contribution >= 0.6 is 11.8 Å². The van der Waals surface area contributed by atoms with Crippen molar-refractivity contribution in [2.24, 2.45) is 11.3 Å². The fourth-order valence-corrected chi connectivity index (χ4v) is 5.03. The van der Waals surface area contributed by atoms with Gasteiger partial charge >= 0.3 is 5.97 Å². The fraction of sp³-hybridized carbons (Fsp3) is 0.714. The Morgan fingerprint density at radius 1 is 1.53 bits per heavy atom. The minimum Gasteiger partial charge on any atom is -0.477 e. The molecule has 2 atom stereocenters. The van der Waals surface area contributed by atoms with Crippen LogP contribution in [0, 0.1) is 11.3 Å². The molecule has 1 fully saturated rings. The van der Waals surface area contributed by atoms with Crippen molar-refractivity contribution in [3.8, 4) is 0 Å². The van der Waals surface area contributed by atoms with E-state index in [4.69, 9.17) is 0 Å². The lowest BCUT2D eigenvalue weighted by Gasteiger charge is -2.52. The second-order valence-electron chi connectivity index (χ2n) is 6.51. The number of rotatable bonds is 3. The largest absolute Gasteiger partial charge is 0.477 e. The van der Waals surface area contributed by atoms with E-state index in [1.165, 1.54) is 4.90 Å². The molecule has 0 aromatic rings. The van der Waals surface area contributed by atoms with Gasteiger partial charge in [0.25, 0.3) is 0 Å². The molecule has 0 aliphatic carbocycles. The maximum atomic E-state index is 11.9. The van der Waals surface area contributed by atoms with Crippen LogP contribution in [0.4, 0.5) is 0 Å². The predicted molar refractivity (Wildman–Crippen MR) is 75.6 cm³/mol. The summed E-state index contributed by atoms with van der Waals surface area (Å²) in [4.78, 5) is 25.8. The molecule has 0 bridgehead atoms. The Balaban J connectivity index is 2.58. The summed E-state index contributed by atoms with van der Waals surface area (Å²) in [6.07, 6.45) is 0.444. The molecule has 2 aliphatic heterocycles. The molecule has 0 saturated carbocycles. The highest BCUT2D eigenvalue weighted by Crippen LogP contribution is 2.59. The summed E-state index contributed by atoms with van der Waals surface area (Å²) < 4.78 is 0. The lowest BCUT2D eigenvalue weighted by atomic mass is 9.66. The Kier molecular flexibility index (Phi) is 3.24. The minimum atomic E-state index is -0.984. The van der Waals surface area contributed by atoms with Crippen LogP contribution in [0.3, 0.4) is 0 Å². The van der Waals surface area contributed by atoms with E-state index in [9.17, 15) is 14.7 Å². The van der Waals surface area contributed by atoms with Crippen LogP contribution in [-0.2, 0) is 9.59 Å². The third-order valence-electron chi connectivity index (χ3n) is 3.98. The molecule has 1 N–H and O–H groups in total. The Morgan fingerprint density at radius 2 is 2.11 bits per heavy atom. The molecular formula is C14H21NO3S. The molecule has 2 heterocycles. The predicted octanol–water partition coefficient (Wildman–Crippen LogP) is 2.70. The molecule has 2 rings (SSSR count). The fourth-order valence-electron chi connectivity index (χ4n) is 3.63. The number of amides is 1. The molecule has 19 heavy (non-hydrogen) atoms. The van der Waals surface area contributed by atoms with Gasteiger partial charge in [-0.05, 0) is 18.1 Å². The molecule has 5 heteroatoms. The molecule has 106 valence electrons. The number of hydrogen-bond acceptors (Lipinski definition) is 3. The van der Waals surface area contributed by atoms with E-state index >= 15 is 0 Å². The van der Waals surface area contributed by atoms with Gasteiger partial charge < -0.3 is 5.11 Å². The Hall–Kier alpha value is -0.970. The zero-order chi connectivity index (χ0) is 14.6. The SMILES string of the molecule is CCSC1=C(C(=O)O)N2C(=O)CC2(C)C1C(C)(C)C. The van der Waals surface area contributed by atoms with Gasteiger partial charge in [-0.1, -0.05) is 27.7 Å². The van der Waals surface area contributed by atoms with Crippen LogP contribution in [0.15, 0.2) is 10.6 Å². The van der Waals surface area contributed by atoms with Crippen LogP contribution in [0.5, 0.6) is 0 Å². The summed E-state index contributed by atoms with van der Waals surface area (Å²) >= 11 is 1.56. The quantitative estimate of drug-likeness (QED) is 0.809. The van der Waals surface area contributed by atoms with Gasteiger partial charge in [0.1, 0.15) is 5.70 Å². The number of carboxylic acid groups (broad SMARTS) is 1. The summed E-state index contributed by atoms with van der Waals surface area (Å²) in [6, 6.07) is 0. The zero-order valence-corrected chi connectivity index (χ0v) is 12.9. The van der Waals surface area contributed by atoms with Crippen molar-refractivity contribution < 1.29 is 14.7 Å². The van der Waals surface area contributed by atoms with Crippen LogP contribution in [-0.4, -0.2) is 33.2 Å². The van der Waals surface area contributed by atoms with E-state index < -0.39 is 5.97 Å². The van der Waals surface area contributed by atoms with Crippen molar-refractivity contribution in [1.82, 2.24) is 4.90 Å². The summed E-state index contributed by atoms with van der Waals surface area (Å²) in [5.74, 6) is -0.145. The topological polar surface area (TPSA) is 57.6 Å². The standard InChI is InChI=1S/C14H21NO3S/c1-6-19-10-9(12(17)18)15-8(16)7-14(15,5)11(10)13(2,3)4/h11H,6-7H2,1-5H3,(H,17,18). The zero-order valence-electron chi connectivity index (χ0n) is 12.1. The lowest BCUT2D eigenvalue weighted by Crippen LogP contribution is -2.63. The van der Waals surface area contributed by atoms with E-state index in [1.807, 2.05) is 13.8 Å². The number of carbonyl (C=O) groups excluding carboxylic acids is 1. The smallest absolute Gasteiger partial charge is 0.353 e. The third kappa shape index (κ3) is 1.90. The number of β-lactam (4-membered cyclic amide) rings is 1. The van der Waals surface area contributed by atoms with Crippen molar-refractivity contribution in [2.45, 2.75) is 46.6 Å². The Bertz CT molecular complexity index is 478. The second-order valence-corrected chi connectivity index (χ2v) is 7.82. The first-order valence-electron chi connectivity index (χ1n) is 6.58. The van der Waals surface area contributed by atoms with Gasteiger partial charge in [-0.2, -0.15) is 0 Å². The van der Waals surface area contributed by atoms with Gasteiger partial charge in [-0.15, -0.1) is 11.8 Å². The molecule has 0 aromatic carbocycles. The lowest BCUT2D eigenvalue weighted by molar-refractivity contribution is -0.158.